The van der Waals surface area contributed by atoms with E-state index < -0.39 is 5.82 Å². The van der Waals surface area contributed by atoms with Crippen molar-refractivity contribution in [3.8, 4) is 11.3 Å². The predicted molar refractivity (Wildman–Crippen MR) is 133 cm³/mol. The van der Waals surface area contributed by atoms with Gasteiger partial charge in [-0.15, -0.1) is 0 Å². The quantitative estimate of drug-likeness (QED) is 0.381. The summed E-state index contributed by atoms with van der Waals surface area (Å²) < 4.78 is 21.9. The predicted octanol–water partition coefficient (Wildman–Crippen LogP) is 4.89. The van der Waals surface area contributed by atoms with Gasteiger partial charge < -0.3 is 4.74 Å². The SMILES string of the molecule is Cc1nc2nc(C3CCOCC3)nc(-c3ccc(Cl)cc3F)c2nc1C.[B]C1(n2cccn2)CC1. The summed E-state index contributed by atoms with van der Waals surface area (Å²) in [5.41, 5.74) is 3.27. The number of aryl methyl sites for hydroxylation is 2. The van der Waals surface area contributed by atoms with E-state index in [1.807, 2.05) is 30.8 Å². The molecule has 7 nitrogen and oxygen atoms in total. The molecule has 1 aromatic carbocycles. The fraction of sp³-hybridized carbons (Fsp3) is 0.400. The van der Waals surface area contributed by atoms with Crippen LogP contribution in [0.5, 0.6) is 0 Å². The highest BCUT2D eigenvalue weighted by Crippen LogP contribution is 2.38. The minimum atomic E-state index is -0.435. The molecular formula is C25H25BClFN6O. The Morgan fingerprint density at radius 1 is 1.09 bits per heavy atom. The maximum absolute atomic E-state index is 14.6. The summed E-state index contributed by atoms with van der Waals surface area (Å²) in [5.74, 6) is 0.406. The van der Waals surface area contributed by atoms with Crippen molar-refractivity contribution in [2.75, 3.05) is 13.2 Å². The number of nitrogens with zero attached hydrogens (tertiary/aromatic N) is 6. The minimum absolute atomic E-state index is 0.122. The third-order valence-corrected chi connectivity index (χ3v) is 6.69. The van der Waals surface area contributed by atoms with Crippen molar-refractivity contribution in [3.05, 3.63) is 64.7 Å². The number of hydrogen-bond donors (Lipinski definition) is 0. The van der Waals surface area contributed by atoms with Crippen LogP contribution in [-0.4, -0.2) is 50.8 Å². The van der Waals surface area contributed by atoms with Gasteiger partial charge in [0, 0.05) is 47.5 Å². The lowest BCUT2D eigenvalue weighted by Gasteiger charge is -2.21. The second-order valence-electron chi connectivity index (χ2n) is 9.06. The Hall–Kier alpha value is -2.91. The van der Waals surface area contributed by atoms with Crippen molar-refractivity contribution in [2.24, 2.45) is 0 Å². The molecule has 1 aliphatic carbocycles. The normalized spacial score (nSPS) is 17.1. The molecule has 0 unspecified atom stereocenters. The molecule has 0 atom stereocenters. The van der Waals surface area contributed by atoms with E-state index in [1.54, 1.807) is 18.3 Å². The van der Waals surface area contributed by atoms with E-state index in [2.05, 4.69) is 20.1 Å². The van der Waals surface area contributed by atoms with Crippen molar-refractivity contribution in [1.82, 2.24) is 29.7 Å². The molecule has 1 aliphatic heterocycles. The van der Waals surface area contributed by atoms with Crippen LogP contribution in [0.4, 0.5) is 4.39 Å². The molecule has 2 radical (unpaired) electrons. The molecule has 4 heterocycles. The fourth-order valence-electron chi connectivity index (χ4n) is 4.03. The monoisotopic (exact) mass is 490 g/mol. The minimum Gasteiger partial charge on any atom is -0.381 e. The van der Waals surface area contributed by atoms with Crippen LogP contribution in [0.2, 0.25) is 5.02 Å². The lowest BCUT2D eigenvalue weighted by Crippen LogP contribution is -2.17. The zero-order valence-electron chi connectivity index (χ0n) is 19.7. The number of fused-ring (bicyclic) bond motifs is 1. The summed E-state index contributed by atoms with van der Waals surface area (Å²) in [4.78, 5) is 18.5. The molecule has 178 valence electrons. The number of aromatic nitrogens is 6. The summed E-state index contributed by atoms with van der Waals surface area (Å²) >= 11 is 5.91. The van der Waals surface area contributed by atoms with Crippen molar-refractivity contribution >= 4 is 30.6 Å². The van der Waals surface area contributed by atoms with Gasteiger partial charge in [-0.2, -0.15) is 5.10 Å². The lowest BCUT2D eigenvalue weighted by atomic mass is 9.94. The van der Waals surface area contributed by atoms with E-state index in [0.717, 1.165) is 37.1 Å². The Morgan fingerprint density at radius 3 is 2.49 bits per heavy atom. The van der Waals surface area contributed by atoms with E-state index in [-0.39, 0.29) is 11.4 Å². The molecule has 2 fully saturated rings. The van der Waals surface area contributed by atoms with E-state index in [4.69, 9.17) is 29.2 Å². The Balaban J connectivity index is 0.000000234. The van der Waals surface area contributed by atoms with Crippen LogP contribution in [0, 0.1) is 19.7 Å². The van der Waals surface area contributed by atoms with Crippen LogP contribution in [0.25, 0.3) is 22.4 Å². The summed E-state index contributed by atoms with van der Waals surface area (Å²) in [6, 6.07) is 6.46. The zero-order valence-corrected chi connectivity index (χ0v) is 20.5. The Morgan fingerprint density at radius 2 is 1.83 bits per heavy atom. The molecule has 1 saturated heterocycles. The number of benzene rings is 1. The third kappa shape index (κ3) is 5.06. The van der Waals surface area contributed by atoms with Crippen molar-refractivity contribution < 1.29 is 9.13 Å². The number of hydrogen-bond acceptors (Lipinski definition) is 6. The van der Waals surface area contributed by atoms with Crippen LogP contribution in [0.15, 0.2) is 36.7 Å². The van der Waals surface area contributed by atoms with Gasteiger partial charge in [0.2, 0.25) is 0 Å². The van der Waals surface area contributed by atoms with E-state index >= 15 is 0 Å². The summed E-state index contributed by atoms with van der Waals surface area (Å²) in [7, 11) is 5.81. The first-order chi connectivity index (χ1) is 16.8. The lowest BCUT2D eigenvalue weighted by molar-refractivity contribution is 0.0836. The largest absolute Gasteiger partial charge is 0.381 e. The van der Waals surface area contributed by atoms with Gasteiger partial charge >= 0.3 is 0 Å². The topological polar surface area (TPSA) is 78.6 Å². The van der Waals surface area contributed by atoms with Crippen LogP contribution in [0.3, 0.4) is 0 Å². The number of ether oxygens (including phenoxy) is 1. The van der Waals surface area contributed by atoms with Crippen LogP contribution >= 0.6 is 11.6 Å². The van der Waals surface area contributed by atoms with Crippen LogP contribution < -0.4 is 0 Å². The molecular weight excluding hydrogens is 466 g/mol. The van der Waals surface area contributed by atoms with Gasteiger partial charge in [0.1, 0.15) is 30.7 Å². The summed E-state index contributed by atoms with van der Waals surface area (Å²) in [6.45, 7) is 5.11. The first-order valence-corrected chi connectivity index (χ1v) is 12.1. The van der Waals surface area contributed by atoms with Gasteiger partial charge in [-0.3, -0.25) is 4.68 Å². The molecule has 1 saturated carbocycles. The van der Waals surface area contributed by atoms with Gasteiger partial charge in [-0.05, 0) is 63.8 Å². The second kappa shape index (κ2) is 9.62. The van der Waals surface area contributed by atoms with Gasteiger partial charge in [0.15, 0.2) is 5.65 Å². The maximum atomic E-state index is 14.6. The first kappa shape index (κ1) is 23.8. The van der Waals surface area contributed by atoms with E-state index in [0.29, 0.717) is 46.5 Å². The number of rotatable bonds is 3. The molecule has 2 aliphatic rings. The standard InChI is InChI=1S/C19H18ClFN4O.C6H7BN2/c1-10-11(2)23-19-17(22-10)16(14-4-3-13(20)9-15(14)21)24-18(25-19)12-5-7-26-8-6-12;7-6(2-3-6)9-5-1-4-8-9/h3-4,9,12H,5-8H2,1-2H3;1,4-5H,2-3H2. The molecule has 35 heavy (non-hydrogen) atoms. The molecule has 0 spiro atoms. The van der Waals surface area contributed by atoms with E-state index in [1.165, 1.54) is 6.07 Å². The van der Waals surface area contributed by atoms with Crippen LogP contribution in [0.1, 0.15) is 48.8 Å². The molecule has 4 aromatic rings. The first-order valence-electron chi connectivity index (χ1n) is 11.7. The van der Waals surface area contributed by atoms with Gasteiger partial charge in [0.25, 0.3) is 0 Å². The van der Waals surface area contributed by atoms with Crippen molar-refractivity contribution in [3.63, 3.8) is 0 Å². The molecule has 6 rings (SSSR count). The Labute approximate surface area is 209 Å². The average molecular weight is 491 g/mol. The second-order valence-corrected chi connectivity index (χ2v) is 9.50. The summed E-state index contributed by atoms with van der Waals surface area (Å²) in [5, 5.41) is 4.38. The van der Waals surface area contributed by atoms with Gasteiger partial charge in [-0.1, -0.05) is 11.6 Å². The highest BCUT2D eigenvalue weighted by Gasteiger charge is 2.38. The molecule has 3 aromatic heterocycles. The van der Waals surface area contributed by atoms with Crippen LogP contribution in [-0.2, 0) is 10.2 Å². The smallest absolute Gasteiger partial charge is 0.182 e. The average Bonchev–Trinajstić information content (AvgIpc) is 3.35. The summed E-state index contributed by atoms with van der Waals surface area (Å²) in [6.07, 6.45) is 7.47. The third-order valence-electron chi connectivity index (χ3n) is 6.46. The maximum Gasteiger partial charge on any atom is 0.182 e. The Kier molecular flexibility index (Phi) is 6.55. The van der Waals surface area contributed by atoms with Crippen molar-refractivity contribution in [2.45, 2.75) is 50.9 Å². The highest BCUT2D eigenvalue weighted by atomic mass is 35.5. The van der Waals surface area contributed by atoms with Crippen molar-refractivity contribution in [1.29, 1.82) is 0 Å². The molecule has 0 amide bonds. The highest BCUT2D eigenvalue weighted by molar-refractivity contribution is 6.30. The molecule has 10 heteroatoms. The molecule has 0 bridgehead atoms. The molecule has 0 N–H and O–H groups in total. The van der Waals surface area contributed by atoms with E-state index in [9.17, 15) is 4.39 Å². The Bertz CT molecular complexity index is 1360. The van der Waals surface area contributed by atoms with Gasteiger partial charge in [-0.25, -0.2) is 24.3 Å². The number of halogens is 2. The van der Waals surface area contributed by atoms with Gasteiger partial charge in [0.05, 0.1) is 11.4 Å². The zero-order chi connectivity index (χ0) is 24.6. The fourth-order valence-corrected chi connectivity index (χ4v) is 4.18.